The number of carbonyl (C=O) groups is 1. The average Bonchev–Trinajstić information content (AvgIpc) is 2.62. The number of anilines is 1. The van der Waals surface area contributed by atoms with Gasteiger partial charge in [-0.1, -0.05) is 54.6 Å². The topological polar surface area (TPSA) is 42.0 Å². The number of benzene rings is 3. The lowest BCUT2D eigenvalue weighted by atomic mass is 10.0. The van der Waals surface area contributed by atoms with E-state index >= 15 is 0 Å². The van der Waals surface area contributed by atoms with Crippen LogP contribution >= 0.6 is 0 Å². The Hall–Kier alpha value is -3.20. The number of carbonyl (C=O) groups excluding carboxylic acids is 1. The third kappa shape index (κ3) is 2.50. The number of aryl methyl sites for hydroxylation is 1. The summed E-state index contributed by atoms with van der Waals surface area (Å²) in [7, 11) is 0. The highest BCUT2D eigenvalue weighted by molar-refractivity contribution is 6.13. The van der Waals surface area contributed by atoms with Crippen LogP contribution in [0.25, 0.3) is 21.7 Å². The van der Waals surface area contributed by atoms with E-state index < -0.39 is 0 Å². The van der Waals surface area contributed by atoms with Gasteiger partial charge in [0, 0.05) is 22.0 Å². The first-order chi connectivity index (χ1) is 11.7. The van der Waals surface area contributed by atoms with Crippen molar-refractivity contribution in [3.8, 4) is 0 Å². The van der Waals surface area contributed by atoms with Crippen LogP contribution in [0.2, 0.25) is 0 Å². The van der Waals surface area contributed by atoms with Crippen molar-refractivity contribution in [1.82, 2.24) is 4.98 Å². The van der Waals surface area contributed by atoms with Crippen molar-refractivity contribution >= 4 is 33.3 Å². The number of hydrogen-bond donors (Lipinski definition) is 1. The summed E-state index contributed by atoms with van der Waals surface area (Å²) in [4.78, 5) is 17.2. The number of nitrogens with zero attached hydrogens (tertiary/aromatic N) is 1. The van der Waals surface area contributed by atoms with Gasteiger partial charge in [0.05, 0.1) is 11.2 Å². The molecule has 1 aromatic heterocycles. The Morgan fingerprint density at radius 1 is 0.875 bits per heavy atom. The fraction of sp³-hybridized carbons (Fsp3) is 0.0476. The third-order valence-electron chi connectivity index (χ3n) is 4.12. The van der Waals surface area contributed by atoms with E-state index in [4.69, 9.17) is 4.98 Å². The zero-order valence-electron chi connectivity index (χ0n) is 13.3. The molecule has 0 spiro atoms. The lowest BCUT2D eigenvalue weighted by Gasteiger charge is -2.11. The maximum atomic E-state index is 12.5. The van der Waals surface area contributed by atoms with Gasteiger partial charge in [-0.2, -0.15) is 0 Å². The molecule has 1 amide bonds. The molecule has 0 bridgehead atoms. The van der Waals surface area contributed by atoms with Crippen molar-refractivity contribution in [2.45, 2.75) is 6.92 Å². The Bertz CT molecular complexity index is 1060. The summed E-state index contributed by atoms with van der Waals surface area (Å²) in [5, 5.41) is 6.21. The molecule has 116 valence electrons. The van der Waals surface area contributed by atoms with E-state index in [1.807, 2.05) is 49.4 Å². The Kier molecular flexibility index (Phi) is 3.47. The average molecular weight is 312 g/mol. The van der Waals surface area contributed by atoms with Gasteiger partial charge >= 0.3 is 0 Å². The van der Waals surface area contributed by atoms with Crippen molar-refractivity contribution in [1.29, 1.82) is 0 Å². The predicted octanol–water partition coefficient (Wildman–Crippen LogP) is 4.95. The molecule has 0 unspecified atom stereocenters. The summed E-state index contributed by atoms with van der Waals surface area (Å²) in [5.74, 6) is -0.115. The Balaban J connectivity index is 1.86. The molecule has 0 saturated carbocycles. The van der Waals surface area contributed by atoms with Crippen molar-refractivity contribution < 1.29 is 4.79 Å². The van der Waals surface area contributed by atoms with E-state index in [9.17, 15) is 4.79 Å². The van der Waals surface area contributed by atoms with Crippen molar-refractivity contribution in [2.24, 2.45) is 0 Å². The fourth-order valence-electron chi connectivity index (χ4n) is 2.98. The van der Waals surface area contributed by atoms with Gasteiger partial charge in [-0.05, 0) is 30.5 Å². The molecule has 24 heavy (non-hydrogen) atoms. The number of aromatic nitrogens is 1. The molecular formula is C21H16N2O. The Labute approximate surface area is 140 Å². The van der Waals surface area contributed by atoms with Crippen LogP contribution in [0.3, 0.4) is 0 Å². The molecule has 0 atom stereocenters. The van der Waals surface area contributed by atoms with Crippen LogP contribution in [0.5, 0.6) is 0 Å². The monoisotopic (exact) mass is 312 g/mol. The van der Waals surface area contributed by atoms with Crippen LogP contribution in [-0.2, 0) is 0 Å². The predicted molar refractivity (Wildman–Crippen MR) is 98.4 cm³/mol. The molecule has 1 N–H and O–H groups in total. The zero-order chi connectivity index (χ0) is 16.5. The smallest absolute Gasteiger partial charge is 0.255 e. The number of amides is 1. The summed E-state index contributed by atoms with van der Waals surface area (Å²) < 4.78 is 0. The van der Waals surface area contributed by atoms with Gasteiger partial charge in [-0.15, -0.1) is 0 Å². The molecule has 3 aromatic carbocycles. The second-order valence-electron chi connectivity index (χ2n) is 5.81. The minimum absolute atomic E-state index is 0.115. The molecule has 4 aromatic rings. The van der Waals surface area contributed by atoms with E-state index in [2.05, 4.69) is 23.5 Å². The maximum absolute atomic E-state index is 12.5. The highest BCUT2D eigenvalue weighted by atomic mass is 16.1. The van der Waals surface area contributed by atoms with Crippen molar-refractivity contribution in [3.05, 3.63) is 84.1 Å². The van der Waals surface area contributed by atoms with Gasteiger partial charge in [-0.3, -0.25) is 9.78 Å². The first-order valence-corrected chi connectivity index (χ1v) is 7.88. The van der Waals surface area contributed by atoms with Crippen LogP contribution in [0, 0.1) is 6.92 Å². The van der Waals surface area contributed by atoms with Gasteiger partial charge in [-0.25, -0.2) is 0 Å². The number of fused-ring (bicyclic) bond motifs is 3. The number of rotatable bonds is 2. The standard InChI is InChI=1S/C21H16N2O/c1-14-13-19(23-21(24)16-8-3-2-4-9-16)18-12-11-15-7-5-6-10-17(15)20(18)22-14/h2-13H,1H3,(H,22,23,24). The van der Waals surface area contributed by atoms with Crippen LogP contribution < -0.4 is 5.32 Å². The second-order valence-corrected chi connectivity index (χ2v) is 5.81. The second kappa shape index (κ2) is 5.78. The quantitative estimate of drug-likeness (QED) is 0.532. The fourth-order valence-corrected chi connectivity index (χ4v) is 2.98. The van der Waals surface area contributed by atoms with Crippen LogP contribution in [0.15, 0.2) is 72.8 Å². The normalized spacial score (nSPS) is 10.9. The van der Waals surface area contributed by atoms with E-state index in [1.54, 1.807) is 12.1 Å². The highest BCUT2D eigenvalue weighted by Crippen LogP contribution is 2.29. The molecular weight excluding hydrogens is 296 g/mol. The van der Waals surface area contributed by atoms with E-state index in [-0.39, 0.29) is 5.91 Å². The molecule has 0 aliphatic heterocycles. The molecule has 1 heterocycles. The zero-order valence-corrected chi connectivity index (χ0v) is 13.3. The van der Waals surface area contributed by atoms with Crippen LogP contribution in [-0.4, -0.2) is 10.9 Å². The van der Waals surface area contributed by atoms with E-state index in [0.717, 1.165) is 33.1 Å². The van der Waals surface area contributed by atoms with Gasteiger partial charge in [0.15, 0.2) is 0 Å². The first kappa shape index (κ1) is 14.4. The molecule has 0 aliphatic carbocycles. The number of nitrogens with one attached hydrogen (secondary N) is 1. The summed E-state index contributed by atoms with van der Waals surface area (Å²) >= 11 is 0. The largest absolute Gasteiger partial charge is 0.321 e. The summed E-state index contributed by atoms with van der Waals surface area (Å²) in [6.45, 7) is 1.94. The molecule has 0 radical (unpaired) electrons. The van der Waals surface area contributed by atoms with Crippen LogP contribution in [0.4, 0.5) is 5.69 Å². The summed E-state index contributed by atoms with van der Waals surface area (Å²) in [6.07, 6.45) is 0. The lowest BCUT2D eigenvalue weighted by Crippen LogP contribution is -2.12. The molecule has 4 rings (SSSR count). The Morgan fingerprint density at radius 3 is 2.46 bits per heavy atom. The summed E-state index contributed by atoms with van der Waals surface area (Å²) in [5.41, 5.74) is 3.22. The van der Waals surface area contributed by atoms with Gasteiger partial charge < -0.3 is 5.32 Å². The van der Waals surface area contributed by atoms with E-state index in [0.29, 0.717) is 5.56 Å². The molecule has 3 nitrogen and oxygen atoms in total. The minimum atomic E-state index is -0.115. The highest BCUT2D eigenvalue weighted by Gasteiger charge is 2.11. The SMILES string of the molecule is Cc1cc(NC(=O)c2ccccc2)c2ccc3ccccc3c2n1. The minimum Gasteiger partial charge on any atom is -0.321 e. The molecule has 3 heteroatoms. The van der Waals surface area contributed by atoms with Crippen LogP contribution in [0.1, 0.15) is 16.1 Å². The first-order valence-electron chi connectivity index (χ1n) is 7.88. The molecule has 0 aliphatic rings. The Morgan fingerprint density at radius 2 is 1.62 bits per heavy atom. The van der Waals surface area contributed by atoms with Crippen molar-refractivity contribution in [3.63, 3.8) is 0 Å². The van der Waals surface area contributed by atoms with E-state index in [1.165, 1.54) is 0 Å². The van der Waals surface area contributed by atoms with Gasteiger partial charge in [0.1, 0.15) is 0 Å². The molecule has 0 saturated heterocycles. The van der Waals surface area contributed by atoms with Gasteiger partial charge in [0.25, 0.3) is 5.91 Å². The lowest BCUT2D eigenvalue weighted by molar-refractivity contribution is 0.102. The maximum Gasteiger partial charge on any atom is 0.255 e. The number of pyridine rings is 1. The molecule has 0 fully saturated rings. The third-order valence-corrected chi connectivity index (χ3v) is 4.12. The van der Waals surface area contributed by atoms with Gasteiger partial charge in [0.2, 0.25) is 0 Å². The number of hydrogen-bond acceptors (Lipinski definition) is 2. The summed E-state index contributed by atoms with van der Waals surface area (Å²) in [6, 6.07) is 23.4. The van der Waals surface area contributed by atoms with Crippen molar-refractivity contribution in [2.75, 3.05) is 5.32 Å².